The van der Waals surface area contributed by atoms with E-state index in [1.807, 2.05) is 13.8 Å². The molecule has 2 N–H and O–H groups in total. The molecule has 0 radical (unpaired) electrons. The largest absolute Gasteiger partial charge is 0.324 e. The van der Waals surface area contributed by atoms with Crippen LogP contribution in [0.15, 0.2) is 0 Å². The third-order valence-corrected chi connectivity index (χ3v) is 1.65. The highest BCUT2D eigenvalue weighted by atomic mass is 35.5. The fraction of sp³-hybridized carbons (Fsp3) is 0.857. The summed E-state index contributed by atoms with van der Waals surface area (Å²) in [4.78, 5) is 10.8. The maximum atomic E-state index is 10.8. The number of rotatable bonds is 4. The number of carbonyl (C=O) groups is 1. The molecule has 0 bridgehead atoms. The van der Waals surface area contributed by atoms with E-state index >= 15 is 0 Å². The second-order valence-corrected chi connectivity index (χ2v) is 3.29. The highest BCUT2D eigenvalue weighted by Gasteiger charge is 2.14. The monoisotopic (exact) mass is 163 g/mol. The van der Waals surface area contributed by atoms with Crippen molar-refractivity contribution in [2.24, 2.45) is 11.7 Å². The Bertz CT molecular complexity index is 114. The lowest BCUT2D eigenvalue weighted by Gasteiger charge is -2.08. The Kier molecular flexibility index (Phi) is 4.65. The molecule has 1 unspecified atom stereocenters. The molecule has 0 rings (SSSR count). The summed E-state index contributed by atoms with van der Waals surface area (Å²) in [5.41, 5.74) is 5.11. The van der Waals surface area contributed by atoms with Crippen LogP contribution in [0.2, 0.25) is 0 Å². The molecule has 0 aromatic rings. The summed E-state index contributed by atoms with van der Waals surface area (Å²) in [5.74, 6) is 0.397. The second kappa shape index (κ2) is 4.69. The van der Waals surface area contributed by atoms with Gasteiger partial charge in [0.15, 0.2) is 5.78 Å². The minimum absolute atomic E-state index is 0.0564. The van der Waals surface area contributed by atoms with Gasteiger partial charge in [-0.2, -0.15) is 0 Å². The van der Waals surface area contributed by atoms with Gasteiger partial charge < -0.3 is 5.73 Å². The van der Waals surface area contributed by atoms with Crippen molar-refractivity contribution in [3.63, 3.8) is 0 Å². The van der Waals surface area contributed by atoms with Gasteiger partial charge in [-0.3, -0.25) is 4.79 Å². The van der Waals surface area contributed by atoms with Crippen molar-refractivity contribution >= 4 is 17.4 Å². The van der Waals surface area contributed by atoms with Crippen LogP contribution in [0, 0.1) is 5.92 Å². The lowest BCUT2D eigenvalue weighted by molar-refractivity contribution is -0.117. The number of nitrogens with two attached hydrogens (primary N) is 1. The van der Waals surface area contributed by atoms with E-state index in [1.54, 1.807) is 0 Å². The zero-order valence-corrected chi connectivity index (χ0v) is 7.19. The Morgan fingerprint density at radius 2 is 2.10 bits per heavy atom. The lowest BCUT2D eigenvalue weighted by atomic mass is 10.1. The molecule has 0 aliphatic carbocycles. The van der Waals surface area contributed by atoms with E-state index in [2.05, 4.69) is 0 Å². The zero-order chi connectivity index (χ0) is 8.15. The van der Waals surface area contributed by atoms with Crippen LogP contribution in [-0.2, 0) is 4.79 Å². The van der Waals surface area contributed by atoms with Gasteiger partial charge in [-0.05, 0) is 12.3 Å². The summed E-state index contributed by atoms with van der Waals surface area (Å²) >= 11 is 5.70. The van der Waals surface area contributed by atoms with Crippen molar-refractivity contribution < 1.29 is 4.79 Å². The first-order valence-electron chi connectivity index (χ1n) is 3.44. The van der Waals surface area contributed by atoms with E-state index in [9.17, 15) is 4.79 Å². The molecular weight excluding hydrogens is 150 g/mol. The van der Waals surface area contributed by atoms with Crippen LogP contribution in [-0.4, -0.2) is 17.7 Å². The predicted octanol–water partition coefficient (Wildman–Crippen LogP) is 1.17. The minimum atomic E-state index is -0.384. The number of carbonyl (C=O) groups excluding carboxylic acids is 1. The number of ketones is 1. The van der Waals surface area contributed by atoms with Gasteiger partial charge in [-0.1, -0.05) is 13.8 Å². The van der Waals surface area contributed by atoms with Gasteiger partial charge in [0.25, 0.3) is 0 Å². The molecule has 60 valence electrons. The van der Waals surface area contributed by atoms with Crippen LogP contribution in [0.4, 0.5) is 0 Å². The standard InChI is InChI=1S/C7H14ClNO/c1-5(2)3-6(8)7(10)4-9/h5-6H,3-4,9H2,1-2H3. The summed E-state index contributed by atoms with van der Waals surface area (Å²) in [6, 6.07) is 0. The first kappa shape index (κ1) is 9.92. The second-order valence-electron chi connectivity index (χ2n) is 2.77. The molecule has 0 heterocycles. The Hall–Kier alpha value is -0.0800. The quantitative estimate of drug-likeness (QED) is 0.633. The van der Waals surface area contributed by atoms with Crippen LogP contribution in [0.1, 0.15) is 20.3 Å². The summed E-state index contributed by atoms with van der Waals surface area (Å²) in [6.07, 6.45) is 0.720. The number of hydrogen-bond donors (Lipinski definition) is 1. The molecule has 0 aromatic carbocycles. The van der Waals surface area contributed by atoms with E-state index in [0.29, 0.717) is 5.92 Å². The smallest absolute Gasteiger partial charge is 0.164 e. The molecule has 0 saturated heterocycles. The van der Waals surface area contributed by atoms with Crippen LogP contribution in [0.25, 0.3) is 0 Å². The first-order chi connectivity index (χ1) is 4.57. The number of hydrogen-bond acceptors (Lipinski definition) is 2. The van der Waals surface area contributed by atoms with Gasteiger partial charge in [0.2, 0.25) is 0 Å². The van der Waals surface area contributed by atoms with E-state index < -0.39 is 0 Å². The lowest BCUT2D eigenvalue weighted by Crippen LogP contribution is -2.24. The van der Waals surface area contributed by atoms with Crippen molar-refractivity contribution in [2.45, 2.75) is 25.6 Å². The van der Waals surface area contributed by atoms with E-state index in [4.69, 9.17) is 17.3 Å². The van der Waals surface area contributed by atoms with Crippen molar-refractivity contribution in [1.82, 2.24) is 0 Å². The molecular formula is C7H14ClNO. The number of Topliss-reactive ketones (excluding diaryl/α,β-unsaturated/α-hetero) is 1. The Morgan fingerprint density at radius 3 is 2.40 bits per heavy atom. The molecule has 0 aliphatic heterocycles. The fourth-order valence-corrected chi connectivity index (χ4v) is 1.12. The summed E-state index contributed by atoms with van der Waals surface area (Å²) in [5, 5.41) is -0.384. The molecule has 0 spiro atoms. The third kappa shape index (κ3) is 3.85. The molecule has 0 aromatic heterocycles. The number of alkyl halides is 1. The Balaban J connectivity index is 3.61. The highest BCUT2D eigenvalue weighted by molar-refractivity contribution is 6.31. The molecule has 0 aliphatic rings. The topological polar surface area (TPSA) is 43.1 Å². The van der Waals surface area contributed by atoms with Crippen molar-refractivity contribution in [3.05, 3.63) is 0 Å². The van der Waals surface area contributed by atoms with Crippen molar-refractivity contribution in [2.75, 3.05) is 6.54 Å². The van der Waals surface area contributed by atoms with Gasteiger partial charge >= 0.3 is 0 Å². The first-order valence-corrected chi connectivity index (χ1v) is 3.88. The Morgan fingerprint density at radius 1 is 1.60 bits per heavy atom. The summed E-state index contributed by atoms with van der Waals surface area (Å²) in [6.45, 7) is 4.11. The van der Waals surface area contributed by atoms with Crippen molar-refractivity contribution in [3.8, 4) is 0 Å². The third-order valence-electron chi connectivity index (χ3n) is 1.23. The van der Waals surface area contributed by atoms with Crippen LogP contribution in [0.5, 0.6) is 0 Å². The molecule has 1 atom stereocenters. The van der Waals surface area contributed by atoms with E-state index in [-0.39, 0.29) is 17.7 Å². The van der Waals surface area contributed by atoms with Gasteiger partial charge in [-0.15, -0.1) is 11.6 Å². The van der Waals surface area contributed by atoms with Crippen molar-refractivity contribution in [1.29, 1.82) is 0 Å². The Labute approximate surface area is 66.7 Å². The fourth-order valence-electron chi connectivity index (χ4n) is 0.673. The SMILES string of the molecule is CC(C)CC(Cl)C(=O)CN. The van der Waals surface area contributed by atoms with Gasteiger partial charge in [-0.25, -0.2) is 0 Å². The molecule has 0 amide bonds. The maximum absolute atomic E-state index is 10.8. The average Bonchev–Trinajstić information content (AvgIpc) is 1.85. The normalized spacial score (nSPS) is 13.7. The summed E-state index contributed by atoms with van der Waals surface area (Å²) in [7, 11) is 0. The minimum Gasteiger partial charge on any atom is -0.324 e. The molecule has 10 heavy (non-hydrogen) atoms. The van der Waals surface area contributed by atoms with Crippen LogP contribution in [0.3, 0.4) is 0 Å². The molecule has 3 heteroatoms. The maximum Gasteiger partial charge on any atom is 0.164 e. The van der Waals surface area contributed by atoms with E-state index in [1.165, 1.54) is 0 Å². The highest BCUT2D eigenvalue weighted by Crippen LogP contribution is 2.10. The predicted molar refractivity (Wildman–Crippen MR) is 43.2 cm³/mol. The van der Waals surface area contributed by atoms with Crippen LogP contribution >= 0.6 is 11.6 Å². The van der Waals surface area contributed by atoms with Gasteiger partial charge in [0.1, 0.15) is 0 Å². The number of halogens is 1. The van der Waals surface area contributed by atoms with Crippen LogP contribution < -0.4 is 5.73 Å². The molecule has 0 saturated carbocycles. The average molecular weight is 164 g/mol. The summed E-state index contributed by atoms with van der Waals surface area (Å²) < 4.78 is 0. The van der Waals surface area contributed by atoms with E-state index in [0.717, 1.165) is 6.42 Å². The molecule has 0 fully saturated rings. The van der Waals surface area contributed by atoms with Gasteiger partial charge in [0.05, 0.1) is 11.9 Å². The zero-order valence-electron chi connectivity index (χ0n) is 6.43. The molecule has 2 nitrogen and oxygen atoms in total. The van der Waals surface area contributed by atoms with Gasteiger partial charge in [0, 0.05) is 0 Å².